The van der Waals surface area contributed by atoms with Crippen LogP contribution in [-0.2, 0) is 19.0 Å². The summed E-state index contributed by atoms with van der Waals surface area (Å²) in [5.41, 5.74) is 0. The van der Waals surface area contributed by atoms with E-state index in [2.05, 4.69) is 4.74 Å². The Bertz CT molecular complexity index is 219. The highest BCUT2D eigenvalue weighted by Crippen LogP contribution is 2.13. The van der Waals surface area contributed by atoms with Gasteiger partial charge in [-0.15, -0.1) is 0 Å². The largest absolute Gasteiger partial charge is 0.469 e. The molecule has 1 unspecified atom stereocenters. The molecule has 1 heterocycles. The molecule has 1 aliphatic rings. The van der Waals surface area contributed by atoms with E-state index in [0.717, 1.165) is 19.4 Å². The van der Waals surface area contributed by atoms with E-state index in [4.69, 9.17) is 9.47 Å². The van der Waals surface area contributed by atoms with Gasteiger partial charge < -0.3 is 14.2 Å². The average molecular weight is 228 g/mol. The first-order valence-electron chi connectivity index (χ1n) is 5.78. The number of allylic oxidation sites excluding steroid dienone is 1. The zero-order valence-corrected chi connectivity index (χ0v) is 9.81. The summed E-state index contributed by atoms with van der Waals surface area (Å²) in [6.45, 7) is 1.35. The van der Waals surface area contributed by atoms with Crippen LogP contribution in [0.3, 0.4) is 0 Å². The van der Waals surface area contributed by atoms with Crippen molar-refractivity contribution in [3.63, 3.8) is 0 Å². The third-order valence-corrected chi connectivity index (χ3v) is 2.43. The van der Waals surface area contributed by atoms with Crippen molar-refractivity contribution in [3.8, 4) is 0 Å². The van der Waals surface area contributed by atoms with Crippen LogP contribution in [0.25, 0.3) is 0 Å². The molecule has 4 heteroatoms. The molecule has 16 heavy (non-hydrogen) atoms. The molecule has 1 aliphatic heterocycles. The summed E-state index contributed by atoms with van der Waals surface area (Å²) in [5.74, 6) is -0.179. The predicted octanol–water partition coefficient (Wildman–Crippen LogP) is 2.04. The Morgan fingerprint density at radius 3 is 3.00 bits per heavy atom. The van der Waals surface area contributed by atoms with Crippen molar-refractivity contribution < 1.29 is 19.0 Å². The van der Waals surface area contributed by atoms with E-state index in [0.29, 0.717) is 19.4 Å². The van der Waals surface area contributed by atoms with Gasteiger partial charge in [-0.05, 0) is 25.7 Å². The maximum atomic E-state index is 10.8. The summed E-state index contributed by atoms with van der Waals surface area (Å²) in [5, 5.41) is 0. The van der Waals surface area contributed by atoms with Gasteiger partial charge in [0.1, 0.15) is 0 Å². The average Bonchev–Trinajstić information content (AvgIpc) is 2.34. The van der Waals surface area contributed by atoms with Gasteiger partial charge in [0.05, 0.1) is 13.7 Å². The Morgan fingerprint density at radius 1 is 1.44 bits per heavy atom. The standard InChI is InChI=1S/C12H20O4/c1-14-11(13)7-3-2-5-9-15-12-8-4-6-10-16-12/h2,5,12H,3-4,6-10H2,1H3/b5-2+. The van der Waals surface area contributed by atoms with Crippen LogP contribution in [0, 0.1) is 0 Å². The minimum atomic E-state index is -0.179. The highest BCUT2D eigenvalue weighted by Gasteiger charge is 2.12. The first-order valence-corrected chi connectivity index (χ1v) is 5.78. The molecule has 0 saturated carbocycles. The number of hydrogen-bond donors (Lipinski definition) is 0. The summed E-state index contributed by atoms with van der Waals surface area (Å²) in [6.07, 6.45) is 8.22. The van der Waals surface area contributed by atoms with Gasteiger partial charge in [0, 0.05) is 13.0 Å². The fourth-order valence-electron chi connectivity index (χ4n) is 1.49. The maximum Gasteiger partial charge on any atom is 0.305 e. The molecule has 0 aromatic carbocycles. The second kappa shape index (κ2) is 8.30. The van der Waals surface area contributed by atoms with Crippen LogP contribution in [0.15, 0.2) is 12.2 Å². The zero-order valence-electron chi connectivity index (χ0n) is 9.81. The first kappa shape index (κ1) is 13.2. The third kappa shape index (κ3) is 5.88. The second-order valence-electron chi connectivity index (χ2n) is 3.72. The van der Waals surface area contributed by atoms with Crippen molar-refractivity contribution in [2.24, 2.45) is 0 Å². The SMILES string of the molecule is COC(=O)CC/C=C/COC1CCCCO1. The summed E-state index contributed by atoms with van der Waals surface area (Å²) < 4.78 is 15.4. The fourth-order valence-corrected chi connectivity index (χ4v) is 1.49. The van der Waals surface area contributed by atoms with Crippen molar-refractivity contribution in [1.29, 1.82) is 0 Å². The monoisotopic (exact) mass is 228 g/mol. The van der Waals surface area contributed by atoms with Crippen LogP contribution in [-0.4, -0.2) is 32.6 Å². The molecule has 1 rings (SSSR count). The highest BCUT2D eigenvalue weighted by atomic mass is 16.7. The van der Waals surface area contributed by atoms with Gasteiger partial charge in [-0.1, -0.05) is 12.2 Å². The Hall–Kier alpha value is -0.870. The van der Waals surface area contributed by atoms with E-state index < -0.39 is 0 Å². The molecule has 0 N–H and O–H groups in total. The number of methoxy groups -OCH3 is 1. The Labute approximate surface area is 96.6 Å². The van der Waals surface area contributed by atoms with Gasteiger partial charge >= 0.3 is 5.97 Å². The van der Waals surface area contributed by atoms with Crippen molar-refractivity contribution in [2.45, 2.75) is 38.4 Å². The van der Waals surface area contributed by atoms with Crippen molar-refractivity contribution in [2.75, 3.05) is 20.3 Å². The van der Waals surface area contributed by atoms with E-state index >= 15 is 0 Å². The molecular weight excluding hydrogens is 208 g/mol. The molecular formula is C12H20O4. The number of esters is 1. The summed E-state index contributed by atoms with van der Waals surface area (Å²) in [4.78, 5) is 10.8. The van der Waals surface area contributed by atoms with E-state index in [9.17, 15) is 4.79 Å². The smallest absolute Gasteiger partial charge is 0.305 e. The number of hydrogen-bond acceptors (Lipinski definition) is 4. The quantitative estimate of drug-likeness (QED) is 0.515. The van der Waals surface area contributed by atoms with Gasteiger partial charge in [-0.25, -0.2) is 0 Å². The summed E-state index contributed by atoms with van der Waals surface area (Å²) in [6, 6.07) is 0. The molecule has 0 spiro atoms. The molecule has 0 aromatic heterocycles. The number of carbonyl (C=O) groups is 1. The molecule has 0 amide bonds. The summed E-state index contributed by atoms with van der Waals surface area (Å²) >= 11 is 0. The predicted molar refractivity (Wildman–Crippen MR) is 59.9 cm³/mol. The van der Waals surface area contributed by atoms with Gasteiger partial charge in [-0.2, -0.15) is 0 Å². The first-order chi connectivity index (χ1) is 7.83. The van der Waals surface area contributed by atoms with Crippen molar-refractivity contribution >= 4 is 5.97 Å². The lowest BCUT2D eigenvalue weighted by atomic mass is 10.2. The fraction of sp³-hybridized carbons (Fsp3) is 0.750. The topological polar surface area (TPSA) is 44.8 Å². The van der Waals surface area contributed by atoms with Crippen molar-refractivity contribution in [1.82, 2.24) is 0 Å². The molecule has 0 radical (unpaired) electrons. The number of rotatable bonds is 6. The Kier molecular flexibility index (Phi) is 6.85. The van der Waals surface area contributed by atoms with Crippen LogP contribution in [0.4, 0.5) is 0 Å². The normalized spacial score (nSPS) is 21.2. The molecule has 1 atom stereocenters. The van der Waals surface area contributed by atoms with Crippen molar-refractivity contribution in [3.05, 3.63) is 12.2 Å². The van der Waals surface area contributed by atoms with Gasteiger partial charge in [0.2, 0.25) is 0 Å². The lowest BCUT2D eigenvalue weighted by molar-refractivity contribution is -0.155. The van der Waals surface area contributed by atoms with Crippen LogP contribution in [0.2, 0.25) is 0 Å². The Balaban J connectivity index is 1.97. The van der Waals surface area contributed by atoms with Crippen LogP contribution >= 0.6 is 0 Å². The zero-order chi connectivity index (χ0) is 11.6. The van der Waals surface area contributed by atoms with Gasteiger partial charge in [0.25, 0.3) is 0 Å². The third-order valence-electron chi connectivity index (χ3n) is 2.43. The second-order valence-corrected chi connectivity index (χ2v) is 3.72. The minimum Gasteiger partial charge on any atom is -0.469 e. The molecule has 0 aromatic rings. The lowest BCUT2D eigenvalue weighted by Crippen LogP contribution is -2.22. The number of ether oxygens (including phenoxy) is 3. The van der Waals surface area contributed by atoms with Gasteiger partial charge in [-0.3, -0.25) is 4.79 Å². The van der Waals surface area contributed by atoms with Gasteiger partial charge in [0.15, 0.2) is 6.29 Å². The molecule has 1 fully saturated rings. The molecule has 4 nitrogen and oxygen atoms in total. The summed E-state index contributed by atoms with van der Waals surface area (Å²) in [7, 11) is 1.40. The Morgan fingerprint density at radius 2 is 2.31 bits per heavy atom. The van der Waals surface area contributed by atoms with E-state index in [1.165, 1.54) is 13.5 Å². The number of carbonyl (C=O) groups excluding carboxylic acids is 1. The van der Waals surface area contributed by atoms with E-state index in [1.54, 1.807) is 0 Å². The highest BCUT2D eigenvalue weighted by molar-refractivity contribution is 5.69. The van der Waals surface area contributed by atoms with E-state index in [-0.39, 0.29) is 12.3 Å². The molecule has 1 saturated heterocycles. The maximum absolute atomic E-state index is 10.8. The van der Waals surface area contributed by atoms with Crippen LogP contribution in [0.1, 0.15) is 32.1 Å². The molecule has 0 bridgehead atoms. The molecule has 0 aliphatic carbocycles. The van der Waals surface area contributed by atoms with Crippen LogP contribution < -0.4 is 0 Å². The molecule has 92 valence electrons. The van der Waals surface area contributed by atoms with Crippen LogP contribution in [0.5, 0.6) is 0 Å². The minimum absolute atomic E-state index is 0.0426. The lowest BCUT2D eigenvalue weighted by Gasteiger charge is -2.21. The van der Waals surface area contributed by atoms with E-state index in [1.807, 2.05) is 12.2 Å².